The van der Waals surface area contributed by atoms with Crippen LogP contribution in [-0.2, 0) is 6.42 Å². The largest absolute Gasteiger partial charge is 0.413 e. The monoisotopic (exact) mass is 292 g/mol. The number of nitrogens with two attached hydrogens (primary N) is 1. The molecule has 0 radical (unpaired) electrons. The average molecular weight is 292 g/mol. The van der Waals surface area contributed by atoms with E-state index < -0.39 is 12.2 Å². The van der Waals surface area contributed by atoms with Crippen LogP contribution in [0.25, 0.3) is 0 Å². The van der Waals surface area contributed by atoms with Crippen molar-refractivity contribution < 1.29 is 13.2 Å². The van der Waals surface area contributed by atoms with Gasteiger partial charge in [0.1, 0.15) is 0 Å². The molecule has 3 rings (SSSR count). The van der Waals surface area contributed by atoms with E-state index in [-0.39, 0.29) is 0 Å². The normalized spacial score (nSPS) is 18.4. The molecular weight excluding hydrogens is 277 g/mol. The fourth-order valence-electron chi connectivity index (χ4n) is 2.90. The van der Waals surface area contributed by atoms with Crippen molar-refractivity contribution in [2.45, 2.75) is 18.6 Å². The number of fused-ring (bicyclic) bond motifs is 1. The van der Waals surface area contributed by atoms with Gasteiger partial charge in [0.25, 0.3) is 0 Å². The Morgan fingerprint density at radius 2 is 1.81 bits per heavy atom. The van der Waals surface area contributed by atoms with Gasteiger partial charge in [0.15, 0.2) is 6.04 Å². The molecule has 1 atom stereocenters. The standard InChI is InChI=1S/C16H15F3N2/c17-16(18,19)15-14-7-2-1-4-11(14)8-9-21(15)13-6-3-5-12(20)10-13/h1-7,10,15H,8-9,20H2. The number of halogens is 3. The van der Waals surface area contributed by atoms with E-state index >= 15 is 0 Å². The maximum absolute atomic E-state index is 13.6. The third-order valence-corrected chi connectivity index (χ3v) is 3.80. The first kappa shape index (κ1) is 13.8. The summed E-state index contributed by atoms with van der Waals surface area (Å²) >= 11 is 0. The second kappa shape index (κ2) is 4.98. The van der Waals surface area contributed by atoms with Crippen molar-refractivity contribution in [2.75, 3.05) is 17.2 Å². The summed E-state index contributed by atoms with van der Waals surface area (Å²) < 4.78 is 40.8. The highest BCUT2D eigenvalue weighted by Crippen LogP contribution is 2.44. The minimum atomic E-state index is -4.33. The number of nitrogen functional groups attached to an aromatic ring is 1. The second-order valence-electron chi connectivity index (χ2n) is 5.18. The van der Waals surface area contributed by atoms with E-state index in [2.05, 4.69) is 0 Å². The van der Waals surface area contributed by atoms with Crippen LogP contribution in [0.5, 0.6) is 0 Å². The summed E-state index contributed by atoms with van der Waals surface area (Å²) in [6.45, 7) is 0.324. The molecule has 0 bridgehead atoms. The molecule has 110 valence electrons. The molecule has 0 saturated heterocycles. The highest BCUT2D eigenvalue weighted by molar-refractivity contribution is 5.59. The molecule has 2 N–H and O–H groups in total. The van der Waals surface area contributed by atoms with E-state index in [0.717, 1.165) is 5.56 Å². The SMILES string of the molecule is Nc1cccc(N2CCc3ccccc3C2C(F)(F)F)c1. The predicted molar refractivity (Wildman–Crippen MR) is 77.1 cm³/mol. The van der Waals surface area contributed by atoms with Gasteiger partial charge in [-0.05, 0) is 35.7 Å². The summed E-state index contributed by atoms with van der Waals surface area (Å²) in [5.74, 6) is 0. The molecule has 0 aliphatic carbocycles. The lowest BCUT2D eigenvalue weighted by Gasteiger charge is -2.39. The van der Waals surface area contributed by atoms with Crippen LogP contribution in [0.4, 0.5) is 24.5 Å². The first-order chi connectivity index (χ1) is 9.97. The van der Waals surface area contributed by atoms with E-state index in [4.69, 9.17) is 5.73 Å². The van der Waals surface area contributed by atoms with Crippen LogP contribution in [0.3, 0.4) is 0 Å². The predicted octanol–water partition coefficient (Wildman–Crippen LogP) is 3.93. The number of anilines is 2. The van der Waals surface area contributed by atoms with Crippen molar-refractivity contribution >= 4 is 11.4 Å². The lowest BCUT2D eigenvalue weighted by molar-refractivity contribution is -0.151. The second-order valence-corrected chi connectivity index (χ2v) is 5.18. The van der Waals surface area contributed by atoms with E-state index in [0.29, 0.717) is 29.9 Å². The van der Waals surface area contributed by atoms with Crippen molar-refractivity contribution in [1.29, 1.82) is 0 Å². The third-order valence-electron chi connectivity index (χ3n) is 3.80. The summed E-state index contributed by atoms with van der Waals surface area (Å²) in [4.78, 5) is 1.39. The number of hydrogen-bond acceptors (Lipinski definition) is 2. The number of hydrogen-bond donors (Lipinski definition) is 1. The molecule has 0 spiro atoms. The van der Waals surface area contributed by atoms with E-state index in [1.54, 1.807) is 48.5 Å². The molecule has 1 unspecified atom stereocenters. The minimum Gasteiger partial charge on any atom is -0.399 e. The summed E-state index contributed by atoms with van der Waals surface area (Å²) in [6, 6.07) is 11.8. The molecule has 5 heteroatoms. The quantitative estimate of drug-likeness (QED) is 0.807. The van der Waals surface area contributed by atoms with Crippen LogP contribution in [0.2, 0.25) is 0 Å². The Hall–Kier alpha value is -2.17. The molecule has 1 heterocycles. The molecule has 0 fully saturated rings. The maximum Gasteiger partial charge on any atom is 0.413 e. The lowest BCUT2D eigenvalue weighted by Crippen LogP contribution is -2.43. The third kappa shape index (κ3) is 2.55. The maximum atomic E-state index is 13.6. The highest BCUT2D eigenvalue weighted by atomic mass is 19.4. The van der Waals surface area contributed by atoms with Crippen molar-refractivity contribution in [2.24, 2.45) is 0 Å². The molecular formula is C16H15F3N2. The van der Waals surface area contributed by atoms with Gasteiger partial charge in [-0.25, -0.2) is 0 Å². The van der Waals surface area contributed by atoms with Gasteiger partial charge in [-0.2, -0.15) is 13.2 Å². The number of benzene rings is 2. The van der Waals surface area contributed by atoms with Crippen LogP contribution in [-0.4, -0.2) is 12.7 Å². The van der Waals surface area contributed by atoms with Crippen LogP contribution >= 0.6 is 0 Å². The van der Waals surface area contributed by atoms with Gasteiger partial charge in [-0.15, -0.1) is 0 Å². The van der Waals surface area contributed by atoms with Gasteiger partial charge in [0, 0.05) is 17.9 Å². The van der Waals surface area contributed by atoms with Gasteiger partial charge in [0.2, 0.25) is 0 Å². The molecule has 2 aromatic rings. The minimum absolute atomic E-state index is 0.324. The first-order valence-electron chi connectivity index (χ1n) is 6.73. The van der Waals surface area contributed by atoms with Crippen molar-refractivity contribution in [3.63, 3.8) is 0 Å². The molecule has 0 aromatic heterocycles. The van der Waals surface area contributed by atoms with Crippen molar-refractivity contribution in [1.82, 2.24) is 0 Å². The summed E-state index contributed by atoms with van der Waals surface area (Å²) in [5, 5.41) is 0. The fraction of sp³-hybridized carbons (Fsp3) is 0.250. The molecule has 0 amide bonds. The Morgan fingerprint density at radius 1 is 1.05 bits per heavy atom. The van der Waals surface area contributed by atoms with Crippen LogP contribution in [0.15, 0.2) is 48.5 Å². The summed E-state index contributed by atoms with van der Waals surface area (Å²) in [6.07, 6.45) is -3.74. The summed E-state index contributed by atoms with van der Waals surface area (Å²) in [5.41, 5.74) is 7.77. The zero-order valence-corrected chi connectivity index (χ0v) is 11.3. The van der Waals surface area contributed by atoms with E-state index in [1.165, 1.54) is 4.90 Å². The van der Waals surface area contributed by atoms with Crippen LogP contribution < -0.4 is 10.6 Å². The first-order valence-corrected chi connectivity index (χ1v) is 6.73. The molecule has 0 saturated carbocycles. The van der Waals surface area contributed by atoms with Crippen LogP contribution in [0, 0.1) is 0 Å². The number of nitrogens with zero attached hydrogens (tertiary/aromatic N) is 1. The molecule has 1 aliphatic heterocycles. The van der Waals surface area contributed by atoms with Gasteiger partial charge < -0.3 is 10.6 Å². The lowest BCUT2D eigenvalue weighted by atomic mass is 9.91. The van der Waals surface area contributed by atoms with Crippen molar-refractivity contribution in [3.05, 3.63) is 59.7 Å². The smallest absolute Gasteiger partial charge is 0.399 e. The Kier molecular flexibility index (Phi) is 3.27. The topological polar surface area (TPSA) is 29.3 Å². The number of rotatable bonds is 1. The molecule has 1 aliphatic rings. The highest BCUT2D eigenvalue weighted by Gasteiger charge is 2.47. The van der Waals surface area contributed by atoms with Gasteiger partial charge in [-0.1, -0.05) is 30.3 Å². The molecule has 2 nitrogen and oxygen atoms in total. The summed E-state index contributed by atoms with van der Waals surface area (Å²) in [7, 11) is 0. The zero-order valence-electron chi connectivity index (χ0n) is 11.3. The fourth-order valence-corrected chi connectivity index (χ4v) is 2.90. The van der Waals surface area contributed by atoms with Gasteiger partial charge in [0.05, 0.1) is 0 Å². The molecule has 21 heavy (non-hydrogen) atoms. The van der Waals surface area contributed by atoms with E-state index in [9.17, 15) is 13.2 Å². The van der Waals surface area contributed by atoms with Crippen LogP contribution in [0.1, 0.15) is 17.2 Å². The Labute approximate surface area is 121 Å². The van der Waals surface area contributed by atoms with E-state index in [1.807, 2.05) is 0 Å². The Bertz CT molecular complexity index is 652. The Balaban J connectivity index is 2.09. The van der Waals surface area contributed by atoms with Gasteiger partial charge >= 0.3 is 6.18 Å². The average Bonchev–Trinajstić information content (AvgIpc) is 2.45. The Morgan fingerprint density at radius 3 is 2.52 bits per heavy atom. The zero-order chi connectivity index (χ0) is 15.0. The molecule has 2 aromatic carbocycles. The number of alkyl halides is 3. The van der Waals surface area contributed by atoms with Gasteiger partial charge in [-0.3, -0.25) is 0 Å². The van der Waals surface area contributed by atoms with Crippen molar-refractivity contribution in [3.8, 4) is 0 Å².